The van der Waals surface area contributed by atoms with Crippen molar-refractivity contribution in [2.75, 3.05) is 0 Å². The molecule has 1 heterocycles. The van der Waals surface area contributed by atoms with Gasteiger partial charge in [-0.15, -0.1) is 0 Å². The Balaban J connectivity index is 1.94. The van der Waals surface area contributed by atoms with Gasteiger partial charge in [0.15, 0.2) is 11.6 Å². The maximum atomic E-state index is 13.5. The second-order valence-corrected chi connectivity index (χ2v) is 5.43. The average molecular weight is 273 g/mol. The van der Waals surface area contributed by atoms with Gasteiger partial charge in [-0.1, -0.05) is 18.9 Å². The monoisotopic (exact) mass is 273 g/mol. The quantitative estimate of drug-likeness (QED) is 0.927. The van der Waals surface area contributed by atoms with Gasteiger partial charge < -0.3 is 5.11 Å². The fourth-order valence-corrected chi connectivity index (χ4v) is 2.88. The fourth-order valence-electron chi connectivity index (χ4n) is 2.88. The van der Waals surface area contributed by atoms with Crippen LogP contribution in [0.15, 0.2) is 24.4 Å². The fraction of sp³-hybridized carbons (Fsp3) is 0.375. The van der Waals surface area contributed by atoms with E-state index in [4.69, 9.17) is 0 Å². The number of aromatic nitrogens is 2. The zero-order chi connectivity index (χ0) is 14.1. The van der Waals surface area contributed by atoms with Gasteiger partial charge in [0.2, 0.25) is 0 Å². The Morgan fingerprint density at radius 3 is 2.75 bits per heavy atom. The number of benzene rings is 1. The molecule has 1 radical (unpaired) electrons. The average Bonchev–Trinajstić information content (AvgIpc) is 3.05. The molecule has 1 aliphatic carbocycles. The van der Waals surface area contributed by atoms with Crippen molar-refractivity contribution in [1.82, 2.24) is 9.78 Å². The molecule has 0 saturated heterocycles. The van der Waals surface area contributed by atoms with Crippen LogP contribution in [0.4, 0.5) is 4.39 Å². The summed E-state index contributed by atoms with van der Waals surface area (Å²) in [6.07, 6.45) is 7.61. The van der Waals surface area contributed by atoms with E-state index in [9.17, 15) is 9.50 Å². The SMILES string of the molecule is Cn1ncc(-c2ccc(O)c(F)c2)c1C[C]1CCCC1. The van der Waals surface area contributed by atoms with Crippen LogP contribution < -0.4 is 0 Å². The Morgan fingerprint density at radius 2 is 2.05 bits per heavy atom. The topological polar surface area (TPSA) is 38.0 Å². The molecule has 1 aromatic carbocycles. The molecule has 3 nitrogen and oxygen atoms in total. The number of nitrogens with zero attached hydrogens (tertiary/aromatic N) is 2. The smallest absolute Gasteiger partial charge is 0.165 e. The number of aryl methyl sites for hydroxylation is 1. The van der Waals surface area contributed by atoms with Crippen LogP contribution in [-0.2, 0) is 13.5 Å². The van der Waals surface area contributed by atoms with Crippen molar-refractivity contribution in [1.29, 1.82) is 0 Å². The predicted molar refractivity (Wildman–Crippen MR) is 75.7 cm³/mol. The van der Waals surface area contributed by atoms with Crippen molar-refractivity contribution in [3.63, 3.8) is 0 Å². The number of halogens is 1. The summed E-state index contributed by atoms with van der Waals surface area (Å²) in [5, 5.41) is 13.6. The zero-order valence-corrected chi connectivity index (χ0v) is 11.6. The van der Waals surface area contributed by atoms with E-state index in [1.165, 1.54) is 37.8 Å². The lowest BCUT2D eigenvalue weighted by molar-refractivity contribution is 0.432. The molecule has 1 fully saturated rings. The highest BCUT2D eigenvalue weighted by Crippen LogP contribution is 2.34. The summed E-state index contributed by atoms with van der Waals surface area (Å²) >= 11 is 0. The first kappa shape index (κ1) is 13.2. The predicted octanol–water partition coefficient (Wildman–Crippen LogP) is 3.62. The van der Waals surface area contributed by atoms with E-state index >= 15 is 0 Å². The van der Waals surface area contributed by atoms with Crippen LogP contribution in [0.3, 0.4) is 0 Å². The normalized spacial score (nSPS) is 15.9. The molecule has 2 aromatic rings. The summed E-state index contributed by atoms with van der Waals surface area (Å²) in [5.74, 6) is 0.643. The van der Waals surface area contributed by atoms with Crippen LogP contribution in [0.25, 0.3) is 11.1 Å². The van der Waals surface area contributed by atoms with Crippen molar-refractivity contribution in [3.8, 4) is 16.9 Å². The van der Waals surface area contributed by atoms with Gasteiger partial charge in [0.1, 0.15) is 0 Å². The molecule has 20 heavy (non-hydrogen) atoms. The molecule has 4 heteroatoms. The molecule has 1 aliphatic rings. The van der Waals surface area contributed by atoms with Crippen LogP contribution in [0, 0.1) is 11.7 Å². The standard InChI is InChI=1S/C16H18FN2O/c1-19-15(8-11-4-2-3-5-11)13(10-18-19)12-6-7-16(20)14(17)9-12/h6-7,9-10,20H,2-5,8H2,1H3. The van der Waals surface area contributed by atoms with Crippen LogP contribution in [-0.4, -0.2) is 14.9 Å². The van der Waals surface area contributed by atoms with Crippen molar-refractivity contribution in [3.05, 3.63) is 41.8 Å². The van der Waals surface area contributed by atoms with E-state index in [2.05, 4.69) is 5.10 Å². The van der Waals surface area contributed by atoms with Gasteiger partial charge in [0, 0.05) is 18.3 Å². The van der Waals surface area contributed by atoms with Crippen LogP contribution in [0.5, 0.6) is 5.75 Å². The molecule has 0 atom stereocenters. The van der Waals surface area contributed by atoms with Crippen molar-refractivity contribution in [2.24, 2.45) is 7.05 Å². The van der Waals surface area contributed by atoms with Gasteiger partial charge in [0.05, 0.1) is 6.20 Å². The summed E-state index contributed by atoms with van der Waals surface area (Å²) in [6, 6.07) is 4.50. The van der Waals surface area contributed by atoms with Crippen molar-refractivity contribution >= 4 is 0 Å². The minimum absolute atomic E-state index is 0.315. The molecule has 3 rings (SSSR count). The van der Waals surface area contributed by atoms with Gasteiger partial charge in [0.25, 0.3) is 0 Å². The second-order valence-electron chi connectivity index (χ2n) is 5.43. The largest absolute Gasteiger partial charge is 0.505 e. The molecule has 0 spiro atoms. The highest BCUT2D eigenvalue weighted by molar-refractivity contribution is 5.66. The molecule has 1 N–H and O–H groups in total. The van der Waals surface area contributed by atoms with E-state index in [1.54, 1.807) is 18.2 Å². The number of phenolic OH excluding ortho intramolecular Hbond substituents is 1. The minimum Gasteiger partial charge on any atom is -0.505 e. The zero-order valence-electron chi connectivity index (χ0n) is 11.6. The van der Waals surface area contributed by atoms with Gasteiger partial charge in [-0.25, -0.2) is 4.39 Å². The van der Waals surface area contributed by atoms with Gasteiger partial charge in [-0.05, 0) is 42.9 Å². The minimum atomic E-state index is -0.592. The highest BCUT2D eigenvalue weighted by Gasteiger charge is 2.20. The number of hydrogen-bond donors (Lipinski definition) is 1. The lowest BCUT2D eigenvalue weighted by Gasteiger charge is -2.11. The molecule has 0 amide bonds. The van der Waals surface area contributed by atoms with Crippen LogP contribution in [0.2, 0.25) is 0 Å². The van der Waals surface area contributed by atoms with Crippen molar-refractivity contribution < 1.29 is 9.50 Å². The third kappa shape index (κ3) is 2.42. The molecular weight excluding hydrogens is 255 g/mol. The van der Waals surface area contributed by atoms with Crippen LogP contribution in [0.1, 0.15) is 31.4 Å². The molecule has 105 valence electrons. The Kier molecular flexibility index (Phi) is 3.47. The van der Waals surface area contributed by atoms with E-state index in [-0.39, 0.29) is 5.75 Å². The second kappa shape index (κ2) is 5.27. The maximum absolute atomic E-state index is 13.5. The summed E-state index contributed by atoms with van der Waals surface area (Å²) < 4.78 is 15.4. The van der Waals surface area contributed by atoms with E-state index in [0.29, 0.717) is 0 Å². The highest BCUT2D eigenvalue weighted by atomic mass is 19.1. The molecule has 1 saturated carbocycles. The Morgan fingerprint density at radius 1 is 1.30 bits per heavy atom. The Hall–Kier alpha value is -1.84. The molecular formula is C16H18FN2O. The lowest BCUT2D eigenvalue weighted by atomic mass is 9.96. The number of phenols is 1. The molecule has 0 bridgehead atoms. The van der Waals surface area contributed by atoms with E-state index < -0.39 is 5.82 Å². The first-order valence-electron chi connectivity index (χ1n) is 6.98. The molecule has 0 aliphatic heterocycles. The van der Waals surface area contributed by atoms with Gasteiger partial charge >= 0.3 is 0 Å². The summed E-state index contributed by atoms with van der Waals surface area (Å²) in [7, 11) is 1.92. The lowest BCUT2D eigenvalue weighted by Crippen LogP contribution is -2.04. The van der Waals surface area contributed by atoms with Gasteiger partial charge in [-0.2, -0.15) is 5.10 Å². The van der Waals surface area contributed by atoms with Gasteiger partial charge in [-0.3, -0.25) is 4.68 Å². The number of rotatable bonds is 3. The third-order valence-corrected chi connectivity index (χ3v) is 4.05. The number of hydrogen-bond acceptors (Lipinski definition) is 2. The summed E-state index contributed by atoms with van der Waals surface area (Å²) in [5.41, 5.74) is 2.83. The first-order valence-corrected chi connectivity index (χ1v) is 6.98. The van der Waals surface area contributed by atoms with E-state index in [0.717, 1.165) is 23.2 Å². The summed E-state index contributed by atoms with van der Waals surface area (Å²) in [6.45, 7) is 0. The molecule has 0 unspecified atom stereocenters. The summed E-state index contributed by atoms with van der Waals surface area (Å²) in [4.78, 5) is 0. The van der Waals surface area contributed by atoms with E-state index in [1.807, 2.05) is 11.7 Å². The Bertz CT molecular complexity index is 615. The third-order valence-electron chi connectivity index (χ3n) is 4.05. The maximum Gasteiger partial charge on any atom is 0.165 e. The van der Waals surface area contributed by atoms with Crippen LogP contribution >= 0.6 is 0 Å². The Labute approximate surface area is 118 Å². The molecule has 1 aromatic heterocycles. The first-order chi connectivity index (χ1) is 9.65. The van der Waals surface area contributed by atoms with Crippen molar-refractivity contribution in [2.45, 2.75) is 32.1 Å². The number of aromatic hydroxyl groups is 1.